The third kappa shape index (κ3) is 2.48. The van der Waals surface area contributed by atoms with Crippen LogP contribution in [0.15, 0.2) is 24.3 Å². The average molecular weight is 322 g/mol. The van der Waals surface area contributed by atoms with Crippen LogP contribution >= 0.6 is 11.6 Å². The third-order valence-corrected chi connectivity index (χ3v) is 4.80. The van der Waals surface area contributed by atoms with Crippen LogP contribution in [0.4, 0.5) is 4.79 Å². The lowest BCUT2D eigenvalue weighted by molar-refractivity contribution is -0.133. The Kier molecular flexibility index (Phi) is 4.10. The molecule has 1 N–H and O–H groups in total. The molecular formula is C16H20ClN3O2. The largest absolute Gasteiger partial charge is 0.326 e. The number of nitrogens with zero attached hydrogens (tertiary/aromatic N) is 2. The van der Waals surface area contributed by atoms with Crippen molar-refractivity contribution in [1.82, 2.24) is 15.1 Å². The maximum atomic E-state index is 12.9. The van der Waals surface area contributed by atoms with Gasteiger partial charge in [0.2, 0.25) is 0 Å². The molecule has 2 heterocycles. The van der Waals surface area contributed by atoms with Gasteiger partial charge < -0.3 is 5.32 Å². The van der Waals surface area contributed by atoms with Gasteiger partial charge in [-0.3, -0.25) is 9.69 Å². The first-order valence-electron chi connectivity index (χ1n) is 7.69. The maximum absolute atomic E-state index is 12.9. The van der Waals surface area contributed by atoms with E-state index >= 15 is 0 Å². The van der Waals surface area contributed by atoms with Crippen molar-refractivity contribution in [2.24, 2.45) is 0 Å². The molecule has 0 unspecified atom stereocenters. The number of nitrogens with one attached hydrogen (secondary N) is 1. The van der Waals surface area contributed by atoms with E-state index in [1.807, 2.05) is 13.0 Å². The minimum atomic E-state index is -0.998. The van der Waals surface area contributed by atoms with Gasteiger partial charge in [-0.25, -0.2) is 9.69 Å². The highest BCUT2D eigenvalue weighted by Crippen LogP contribution is 2.33. The summed E-state index contributed by atoms with van der Waals surface area (Å²) in [5, 5.41) is 3.45. The smallest absolute Gasteiger partial charge is 0.319 e. The van der Waals surface area contributed by atoms with Crippen LogP contribution in [0, 0.1) is 0 Å². The van der Waals surface area contributed by atoms with Crippen LogP contribution in [0.3, 0.4) is 0 Å². The zero-order valence-electron chi connectivity index (χ0n) is 12.6. The molecule has 0 spiro atoms. The summed E-state index contributed by atoms with van der Waals surface area (Å²) < 4.78 is 0. The van der Waals surface area contributed by atoms with Gasteiger partial charge in [0.25, 0.3) is 5.91 Å². The van der Waals surface area contributed by atoms with E-state index in [1.54, 1.807) is 18.2 Å². The topological polar surface area (TPSA) is 52.7 Å². The fourth-order valence-corrected chi connectivity index (χ4v) is 3.46. The molecule has 0 aliphatic carbocycles. The molecule has 2 aliphatic heterocycles. The van der Waals surface area contributed by atoms with Crippen molar-refractivity contribution >= 4 is 23.5 Å². The second-order valence-electron chi connectivity index (χ2n) is 5.90. The Labute approximate surface area is 135 Å². The average Bonchev–Trinajstić information content (AvgIpc) is 3.10. The summed E-state index contributed by atoms with van der Waals surface area (Å²) in [6, 6.07) is 6.84. The molecule has 1 atom stereocenters. The van der Waals surface area contributed by atoms with Crippen LogP contribution in [0.2, 0.25) is 5.02 Å². The summed E-state index contributed by atoms with van der Waals surface area (Å²) >= 11 is 6.05. The van der Waals surface area contributed by atoms with E-state index in [0.717, 1.165) is 31.5 Å². The number of urea groups is 1. The number of carbonyl (C=O) groups is 2. The van der Waals surface area contributed by atoms with Crippen molar-refractivity contribution in [3.63, 3.8) is 0 Å². The summed E-state index contributed by atoms with van der Waals surface area (Å²) in [6.45, 7) is 4.14. The minimum Gasteiger partial charge on any atom is -0.319 e. The maximum Gasteiger partial charge on any atom is 0.326 e. The Morgan fingerprint density at radius 1 is 1.27 bits per heavy atom. The Morgan fingerprint density at radius 3 is 2.64 bits per heavy atom. The van der Waals surface area contributed by atoms with Crippen LogP contribution in [0.1, 0.15) is 31.7 Å². The fourth-order valence-electron chi connectivity index (χ4n) is 3.27. The van der Waals surface area contributed by atoms with Crippen molar-refractivity contribution in [3.05, 3.63) is 34.9 Å². The molecule has 0 saturated carbocycles. The zero-order chi connectivity index (χ0) is 15.7. The second-order valence-corrected chi connectivity index (χ2v) is 6.34. The van der Waals surface area contributed by atoms with Gasteiger partial charge in [0.1, 0.15) is 5.54 Å². The number of amides is 3. The van der Waals surface area contributed by atoms with Crippen LogP contribution in [0.5, 0.6) is 0 Å². The number of hydrogen-bond donors (Lipinski definition) is 1. The first-order valence-corrected chi connectivity index (χ1v) is 8.07. The number of benzene rings is 1. The normalized spacial score (nSPS) is 25.8. The first kappa shape index (κ1) is 15.3. The lowest BCUT2D eigenvalue weighted by atomic mass is 9.87. The lowest BCUT2D eigenvalue weighted by Crippen LogP contribution is -2.44. The molecule has 2 fully saturated rings. The molecule has 6 heteroatoms. The Bertz CT molecular complexity index is 601. The molecule has 0 bridgehead atoms. The van der Waals surface area contributed by atoms with Crippen molar-refractivity contribution in [2.45, 2.75) is 31.7 Å². The molecule has 0 radical (unpaired) electrons. The molecular weight excluding hydrogens is 302 g/mol. The highest BCUT2D eigenvalue weighted by Gasteiger charge is 2.51. The summed E-state index contributed by atoms with van der Waals surface area (Å²) in [5.41, 5.74) is -0.258. The Balaban J connectivity index is 1.89. The minimum absolute atomic E-state index is 0.186. The van der Waals surface area contributed by atoms with Gasteiger partial charge in [-0.2, -0.15) is 0 Å². The van der Waals surface area contributed by atoms with Gasteiger partial charge in [0, 0.05) is 5.02 Å². The molecule has 2 saturated heterocycles. The molecule has 0 aromatic heterocycles. The van der Waals surface area contributed by atoms with E-state index in [1.165, 1.54) is 4.90 Å². The monoisotopic (exact) mass is 321 g/mol. The molecule has 1 aromatic carbocycles. The van der Waals surface area contributed by atoms with Gasteiger partial charge in [0.15, 0.2) is 0 Å². The molecule has 2 aliphatic rings. The number of hydrogen-bond acceptors (Lipinski definition) is 3. The summed E-state index contributed by atoms with van der Waals surface area (Å²) in [6.07, 6.45) is 2.74. The van der Waals surface area contributed by atoms with Crippen LogP contribution < -0.4 is 5.32 Å². The van der Waals surface area contributed by atoms with Crippen LogP contribution in [0.25, 0.3) is 0 Å². The number of imide groups is 1. The fraction of sp³-hybridized carbons (Fsp3) is 0.500. The van der Waals surface area contributed by atoms with Gasteiger partial charge in [-0.05, 0) is 50.0 Å². The van der Waals surface area contributed by atoms with Crippen molar-refractivity contribution in [1.29, 1.82) is 0 Å². The Hall–Kier alpha value is -1.59. The van der Waals surface area contributed by atoms with Gasteiger partial charge in [-0.15, -0.1) is 0 Å². The zero-order valence-corrected chi connectivity index (χ0v) is 13.4. The third-order valence-electron chi connectivity index (χ3n) is 4.56. The SMILES string of the molecule is CC[C@@]1(c2cccc(Cl)c2)NC(=O)N(CN2CCCC2)C1=O. The lowest BCUT2D eigenvalue weighted by Gasteiger charge is -2.27. The Morgan fingerprint density at radius 2 is 2.00 bits per heavy atom. The van der Waals surface area contributed by atoms with Gasteiger partial charge in [0.05, 0.1) is 6.67 Å². The van der Waals surface area contributed by atoms with E-state index in [0.29, 0.717) is 18.1 Å². The van der Waals surface area contributed by atoms with E-state index in [2.05, 4.69) is 10.2 Å². The number of rotatable bonds is 4. The second kappa shape index (κ2) is 5.89. The van der Waals surface area contributed by atoms with Crippen molar-refractivity contribution in [2.75, 3.05) is 19.8 Å². The van der Waals surface area contributed by atoms with Gasteiger partial charge in [-0.1, -0.05) is 30.7 Å². The number of halogens is 1. The molecule has 1 aromatic rings. The molecule has 22 heavy (non-hydrogen) atoms. The highest BCUT2D eigenvalue weighted by molar-refractivity contribution is 6.30. The molecule has 3 rings (SSSR count). The van der Waals surface area contributed by atoms with E-state index in [-0.39, 0.29) is 11.9 Å². The quantitative estimate of drug-likeness (QED) is 0.867. The van der Waals surface area contributed by atoms with Crippen molar-refractivity contribution < 1.29 is 9.59 Å². The van der Waals surface area contributed by atoms with Gasteiger partial charge >= 0.3 is 6.03 Å². The summed E-state index contributed by atoms with van der Waals surface area (Å²) in [5.74, 6) is -0.186. The van der Waals surface area contributed by atoms with E-state index in [9.17, 15) is 9.59 Å². The van der Waals surface area contributed by atoms with Crippen molar-refractivity contribution in [3.8, 4) is 0 Å². The summed E-state index contributed by atoms with van der Waals surface area (Å²) in [7, 11) is 0. The molecule has 3 amide bonds. The van der Waals surface area contributed by atoms with E-state index in [4.69, 9.17) is 11.6 Å². The standard InChI is InChI=1S/C16H20ClN3O2/c1-2-16(12-6-5-7-13(17)10-12)14(21)20(15(22)18-16)11-19-8-3-4-9-19/h5-7,10H,2-4,8-9,11H2,1H3,(H,18,22)/t16-/m0/s1. The molecule has 5 nitrogen and oxygen atoms in total. The predicted molar refractivity (Wildman–Crippen MR) is 84.5 cm³/mol. The number of likely N-dealkylation sites (tertiary alicyclic amines) is 1. The van der Waals surface area contributed by atoms with Crippen LogP contribution in [-0.4, -0.2) is 41.5 Å². The number of carbonyl (C=O) groups excluding carboxylic acids is 2. The highest BCUT2D eigenvalue weighted by atomic mass is 35.5. The molecule has 118 valence electrons. The first-order chi connectivity index (χ1) is 10.6. The van der Waals surface area contributed by atoms with Crippen LogP contribution in [-0.2, 0) is 10.3 Å². The summed E-state index contributed by atoms with van der Waals surface area (Å²) in [4.78, 5) is 28.7. The van der Waals surface area contributed by atoms with E-state index < -0.39 is 5.54 Å². The predicted octanol–water partition coefficient (Wildman–Crippen LogP) is 2.55.